The minimum atomic E-state index is -0.259. The highest BCUT2D eigenvalue weighted by molar-refractivity contribution is 4.78. The molecule has 0 aliphatic rings. The van der Waals surface area contributed by atoms with Crippen molar-refractivity contribution in [1.82, 2.24) is 0 Å². The average Bonchev–Trinajstić information content (AvgIpc) is 2.01. The van der Waals surface area contributed by atoms with Crippen molar-refractivity contribution >= 4 is 0 Å². The van der Waals surface area contributed by atoms with E-state index < -0.39 is 0 Å². The van der Waals surface area contributed by atoms with Crippen LogP contribution in [0.25, 0.3) is 0 Å². The fourth-order valence-electron chi connectivity index (χ4n) is 2.08. The lowest BCUT2D eigenvalue weighted by Crippen LogP contribution is -2.37. The molecule has 2 heteroatoms. The zero-order chi connectivity index (χ0) is 10.6. The van der Waals surface area contributed by atoms with Crippen molar-refractivity contribution in [3.63, 3.8) is 0 Å². The van der Waals surface area contributed by atoms with Crippen LogP contribution in [0.3, 0.4) is 0 Å². The normalized spacial score (nSPS) is 17.1. The molecule has 0 spiro atoms. The summed E-state index contributed by atoms with van der Waals surface area (Å²) in [7, 11) is 0. The molecule has 0 saturated heterocycles. The maximum absolute atomic E-state index is 10.0. The average molecular weight is 187 g/mol. The molecule has 0 amide bonds. The lowest BCUT2D eigenvalue weighted by molar-refractivity contribution is 0.0159. The van der Waals surface area contributed by atoms with Crippen molar-refractivity contribution in [3.05, 3.63) is 0 Å². The van der Waals surface area contributed by atoms with Crippen LogP contribution >= 0.6 is 0 Å². The van der Waals surface area contributed by atoms with Gasteiger partial charge in [0, 0.05) is 0 Å². The number of nitrogens with two attached hydrogens (primary N) is 1. The molecule has 2 nitrogen and oxygen atoms in total. The first-order valence-corrected chi connectivity index (χ1v) is 5.29. The lowest BCUT2D eigenvalue weighted by atomic mass is 9.77. The summed E-state index contributed by atoms with van der Waals surface area (Å²) >= 11 is 0. The van der Waals surface area contributed by atoms with Crippen LogP contribution in [0.1, 0.15) is 34.6 Å². The number of hydrogen-bond donors (Lipinski definition) is 2. The Hall–Kier alpha value is -0.0800. The summed E-state index contributed by atoms with van der Waals surface area (Å²) in [6.07, 6.45) is -0.259. The minimum absolute atomic E-state index is 0.204. The first-order chi connectivity index (χ1) is 5.91. The molecule has 0 aromatic rings. The topological polar surface area (TPSA) is 46.2 Å². The first-order valence-electron chi connectivity index (χ1n) is 5.29. The second-order valence-electron chi connectivity index (χ2n) is 4.77. The Labute approximate surface area is 82.5 Å². The van der Waals surface area contributed by atoms with Crippen LogP contribution in [0.2, 0.25) is 0 Å². The predicted octanol–water partition coefficient (Wildman–Crippen LogP) is 1.87. The minimum Gasteiger partial charge on any atom is -0.392 e. The number of aliphatic hydroxyl groups excluding tert-OH is 1. The van der Waals surface area contributed by atoms with Gasteiger partial charge in [-0.15, -0.1) is 0 Å². The third-order valence-electron chi connectivity index (χ3n) is 2.89. The Morgan fingerprint density at radius 2 is 1.38 bits per heavy atom. The first kappa shape index (κ1) is 12.9. The van der Waals surface area contributed by atoms with Crippen molar-refractivity contribution in [1.29, 1.82) is 0 Å². The van der Waals surface area contributed by atoms with Crippen LogP contribution in [0.4, 0.5) is 0 Å². The SMILES string of the molecule is CC(C)C(C(C)C)C(O)C(C)CN. The van der Waals surface area contributed by atoms with Gasteiger partial charge in [0.1, 0.15) is 0 Å². The molecule has 13 heavy (non-hydrogen) atoms. The van der Waals surface area contributed by atoms with E-state index in [9.17, 15) is 5.11 Å². The van der Waals surface area contributed by atoms with Gasteiger partial charge in [0.25, 0.3) is 0 Å². The van der Waals surface area contributed by atoms with Crippen molar-refractivity contribution in [2.75, 3.05) is 6.54 Å². The van der Waals surface area contributed by atoms with Crippen molar-refractivity contribution in [2.45, 2.75) is 40.7 Å². The van der Waals surface area contributed by atoms with E-state index in [4.69, 9.17) is 5.73 Å². The molecule has 0 rings (SSSR count). The Morgan fingerprint density at radius 3 is 1.62 bits per heavy atom. The van der Waals surface area contributed by atoms with E-state index in [1.807, 2.05) is 6.92 Å². The predicted molar refractivity (Wildman–Crippen MR) is 57.4 cm³/mol. The molecule has 0 aliphatic carbocycles. The summed E-state index contributed by atoms with van der Waals surface area (Å²) in [4.78, 5) is 0. The molecular weight excluding hydrogens is 162 g/mol. The second-order valence-corrected chi connectivity index (χ2v) is 4.77. The molecule has 0 saturated carbocycles. The van der Waals surface area contributed by atoms with Gasteiger partial charge in [0.15, 0.2) is 0 Å². The van der Waals surface area contributed by atoms with Crippen LogP contribution < -0.4 is 5.73 Å². The van der Waals surface area contributed by atoms with E-state index >= 15 is 0 Å². The summed E-state index contributed by atoms with van der Waals surface area (Å²) in [5.41, 5.74) is 5.55. The van der Waals surface area contributed by atoms with Crippen LogP contribution in [-0.4, -0.2) is 17.8 Å². The third kappa shape index (κ3) is 3.65. The van der Waals surface area contributed by atoms with Crippen LogP contribution in [0.15, 0.2) is 0 Å². The molecule has 0 aliphatic heterocycles. The summed E-state index contributed by atoms with van der Waals surface area (Å²) in [6.45, 7) is 11.2. The van der Waals surface area contributed by atoms with E-state index in [-0.39, 0.29) is 12.0 Å². The van der Waals surface area contributed by atoms with E-state index in [1.165, 1.54) is 0 Å². The van der Waals surface area contributed by atoms with Crippen molar-refractivity contribution < 1.29 is 5.11 Å². The molecule has 0 aromatic carbocycles. The van der Waals surface area contributed by atoms with Crippen molar-refractivity contribution in [3.8, 4) is 0 Å². The Morgan fingerprint density at radius 1 is 1.00 bits per heavy atom. The fraction of sp³-hybridized carbons (Fsp3) is 1.00. The van der Waals surface area contributed by atoms with E-state index in [0.717, 1.165) is 0 Å². The van der Waals surface area contributed by atoms with Gasteiger partial charge >= 0.3 is 0 Å². The van der Waals surface area contributed by atoms with Crippen LogP contribution in [0.5, 0.6) is 0 Å². The van der Waals surface area contributed by atoms with Gasteiger partial charge < -0.3 is 10.8 Å². The molecular formula is C11H25NO. The molecule has 3 N–H and O–H groups in total. The van der Waals surface area contributed by atoms with Gasteiger partial charge in [-0.05, 0) is 30.2 Å². The zero-order valence-electron chi connectivity index (χ0n) is 9.62. The summed E-state index contributed by atoms with van der Waals surface area (Å²) in [6, 6.07) is 0. The number of aliphatic hydroxyl groups is 1. The number of rotatable bonds is 5. The quantitative estimate of drug-likeness (QED) is 0.690. The fourth-order valence-corrected chi connectivity index (χ4v) is 2.08. The largest absolute Gasteiger partial charge is 0.392 e. The van der Waals surface area contributed by atoms with Crippen LogP contribution in [0, 0.1) is 23.7 Å². The van der Waals surface area contributed by atoms with E-state index in [1.54, 1.807) is 0 Å². The highest BCUT2D eigenvalue weighted by atomic mass is 16.3. The van der Waals surface area contributed by atoms with Gasteiger partial charge in [0.2, 0.25) is 0 Å². The molecule has 0 bridgehead atoms. The third-order valence-corrected chi connectivity index (χ3v) is 2.89. The van der Waals surface area contributed by atoms with Gasteiger partial charge in [0.05, 0.1) is 6.10 Å². The van der Waals surface area contributed by atoms with Gasteiger partial charge in [-0.3, -0.25) is 0 Å². The molecule has 80 valence electrons. The van der Waals surface area contributed by atoms with E-state index in [0.29, 0.717) is 24.3 Å². The van der Waals surface area contributed by atoms with Gasteiger partial charge in [-0.2, -0.15) is 0 Å². The molecule has 0 heterocycles. The van der Waals surface area contributed by atoms with Crippen molar-refractivity contribution in [2.24, 2.45) is 29.4 Å². The summed E-state index contributed by atoms with van der Waals surface area (Å²) < 4.78 is 0. The highest BCUT2D eigenvalue weighted by Crippen LogP contribution is 2.27. The molecule has 0 radical (unpaired) electrons. The Kier molecular flexibility index (Phi) is 5.57. The highest BCUT2D eigenvalue weighted by Gasteiger charge is 2.28. The number of hydrogen-bond acceptors (Lipinski definition) is 2. The van der Waals surface area contributed by atoms with E-state index in [2.05, 4.69) is 27.7 Å². The second kappa shape index (κ2) is 5.61. The smallest absolute Gasteiger partial charge is 0.0610 e. The monoisotopic (exact) mass is 187 g/mol. The molecule has 0 aromatic heterocycles. The summed E-state index contributed by atoms with van der Waals surface area (Å²) in [5.74, 6) is 1.60. The standard InChI is InChI=1S/C11H25NO/c1-7(2)10(8(3)4)11(13)9(5)6-12/h7-11,13H,6,12H2,1-5H3. The lowest BCUT2D eigenvalue weighted by Gasteiger charge is -2.33. The molecule has 2 atom stereocenters. The van der Waals surface area contributed by atoms with Gasteiger partial charge in [-0.1, -0.05) is 34.6 Å². The maximum Gasteiger partial charge on any atom is 0.0610 e. The Bertz CT molecular complexity index is 126. The molecule has 0 fully saturated rings. The Balaban J connectivity index is 4.36. The molecule has 2 unspecified atom stereocenters. The summed E-state index contributed by atoms with van der Waals surface area (Å²) in [5, 5.41) is 10.0. The van der Waals surface area contributed by atoms with Gasteiger partial charge in [-0.25, -0.2) is 0 Å². The maximum atomic E-state index is 10.0. The zero-order valence-corrected chi connectivity index (χ0v) is 9.62. The van der Waals surface area contributed by atoms with Crippen LogP contribution in [-0.2, 0) is 0 Å².